The van der Waals surface area contributed by atoms with Crippen LogP contribution in [0.1, 0.15) is 18.1 Å². The molecule has 2 aromatic rings. The Morgan fingerprint density at radius 2 is 1.82 bits per heavy atom. The smallest absolute Gasteiger partial charge is 0.127 e. The highest BCUT2D eigenvalue weighted by atomic mass is 16.5. The molecule has 0 unspecified atom stereocenters. The molecular formula is C20H22O2. The first-order valence-electron chi connectivity index (χ1n) is 7.33. The van der Waals surface area contributed by atoms with Crippen LogP contribution in [0.25, 0.3) is 17.2 Å². The van der Waals surface area contributed by atoms with Crippen molar-refractivity contribution in [2.24, 2.45) is 0 Å². The first-order chi connectivity index (χ1) is 10.7. The predicted octanol–water partition coefficient (Wildman–Crippen LogP) is 5.13. The van der Waals surface area contributed by atoms with Crippen LogP contribution in [0.2, 0.25) is 0 Å². The molecule has 0 radical (unpaired) electrons. The van der Waals surface area contributed by atoms with Gasteiger partial charge in [0.25, 0.3) is 0 Å². The van der Waals surface area contributed by atoms with Gasteiger partial charge in [-0.2, -0.15) is 0 Å². The molecule has 0 bridgehead atoms. The minimum atomic E-state index is 0.824. The van der Waals surface area contributed by atoms with Crippen molar-refractivity contribution in [2.75, 3.05) is 14.2 Å². The van der Waals surface area contributed by atoms with Crippen LogP contribution in [0.3, 0.4) is 0 Å². The molecule has 2 heteroatoms. The Balaban J connectivity index is 2.67. The highest BCUT2D eigenvalue weighted by molar-refractivity contribution is 5.84. The van der Waals surface area contributed by atoms with Gasteiger partial charge in [-0.1, -0.05) is 42.5 Å². The largest absolute Gasteiger partial charge is 0.496 e. The van der Waals surface area contributed by atoms with Gasteiger partial charge in [0.15, 0.2) is 0 Å². The van der Waals surface area contributed by atoms with Gasteiger partial charge < -0.3 is 9.47 Å². The third-order valence-electron chi connectivity index (χ3n) is 3.54. The quantitative estimate of drug-likeness (QED) is 0.687. The monoisotopic (exact) mass is 294 g/mol. The van der Waals surface area contributed by atoms with Crippen LogP contribution < -0.4 is 9.47 Å². The molecular weight excluding hydrogens is 272 g/mol. The van der Waals surface area contributed by atoms with Gasteiger partial charge in [0, 0.05) is 11.1 Å². The van der Waals surface area contributed by atoms with Crippen molar-refractivity contribution in [1.82, 2.24) is 0 Å². The number of ether oxygens (including phenoxy) is 2. The molecule has 0 aliphatic carbocycles. The van der Waals surface area contributed by atoms with E-state index in [0.717, 1.165) is 34.6 Å². The third kappa shape index (κ3) is 3.22. The lowest BCUT2D eigenvalue weighted by atomic mass is 9.95. The first-order valence-corrected chi connectivity index (χ1v) is 7.33. The summed E-state index contributed by atoms with van der Waals surface area (Å²) >= 11 is 0. The molecule has 0 aliphatic heterocycles. The minimum Gasteiger partial charge on any atom is -0.496 e. The number of hydrogen-bond acceptors (Lipinski definition) is 2. The molecule has 0 aliphatic rings. The van der Waals surface area contributed by atoms with E-state index in [1.165, 1.54) is 5.56 Å². The van der Waals surface area contributed by atoms with Crippen LogP contribution in [0.15, 0.2) is 55.1 Å². The Morgan fingerprint density at radius 3 is 2.45 bits per heavy atom. The summed E-state index contributed by atoms with van der Waals surface area (Å²) in [7, 11) is 3.39. The molecule has 2 aromatic carbocycles. The van der Waals surface area contributed by atoms with Crippen molar-refractivity contribution in [3.8, 4) is 22.6 Å². The van der Waals surface area contributed by atoms with Crippen molar-refractivity contribution < 1.29 is 9.47 Å². The van der Waals surface area contributed by atoms with E-state index in [1.807, 2.05) is 31.2 Å². The molecule has 0 saturated heterocycles. The fourth-order valence-corrected chi connectivity index (χ4v) is 2.56. The van der Waals surface area contributed by atoms with Crippen molar-refractivity contribution in [3.63, 3.8) is 0 Å². The van der Waals surface area contributed by atoms with E-state index in [1.54, 1.807) is 14.2 Å². The molecule has 0 fully saturated rings. The van der Waals surface area contributed by atoms with E-state index < -0.39 is 0 Å². The van der Waals surface area contributed by atoms with Crippen molar-refractivity contribution in [3.05, 3.63) is 66.3 Å². The average Bonchev–Trinajstić information content (AvgIpc) is 2.55. The van der Waals surface area contributed by atoms with E-state index >= 15 is 0 Å². The predicted molar refractivity (Wildman–Crippen MR) is 93.6 cm³/mol. The number of rotatable bonds is 6. The lowest BCUT2D eigenvalue weighted by molar-refractivity contribution is 0.410. The zero-order chi connectivity index (χ0) is 15.9. The first kappa shape index (κ1) is 15.9. The van der Waals surface area contributed by atoms with Crippen molar-refractivity contribution >= 4 is 6.08 Å². The molecule has 0 amide bonds. The lowest BCUT2D eigenvalue weighted by Crippen LogP contribution is -1.95. The minimum absolute atomic E-state index is 0.824. The maximum Gasteiger partial charge on any atom is 0.127 e. The molecule has 2 rings (SSSR count). The second kappa shape index (κ2) is 7.51. The fourth-order valence-electron chi connectivity index (χ4n) is 2.56. The average molecular weight is 294 g/mol. The molecule has 0 spiro atoms. The maximum absolute atomic E-state index is 5.61. The Labute approximate surface area is 132 Å². The van der Waals surface area contributed by atoms with Crippen LogP contribution in [0.4, 0.5) is 0 Å². The van der Waals surface area contributed by atoms with Gasteiger partial charge in [-0.05, 0) is 36.6 Å². The molecule has 2 nitrogen and oxygen atoms in total. The molecule has 22 heavy (non-hydrogen) atoms. The molecule has 0 atom stereocenters. The van der Waals surface area contributed by atoms with E-state index in [-0.39, 0.29) is 0 Å². The summed E-state index contributed by atoms with van der Waals surface area (Å²) in [4.78, 5) is 0. The summed E-state index contributed by atoms with van der Waals surface area (Å²) in [5.41, 5.74) is 4.36. The topological polar surface area (TPSA) is 18.5 Å². The molecule has 0 saturated carbocycles. The van der Waals surface area contributed by atoms with Crippen molar-refractivity contribution in [2.45, 2.75) is 13.3 Å². The number of methoxy groups -OCH3 is 2. The summed E-state index contributed by atoms with van der Waals surface area (Å²) in [5.74, 6) is 1.68. The summed E-state index contributed by atoms with van der Waals surface area (Å²) < 4.78 is 11.2. The molecule has 0 N–H and O–H groups in total. The summed E-state index contributed by atoms with van der Waals surface area (Å²) in [5, 5.41) is 0. The maximum atomic E-state index is 5.61. The van der Waals surface area contributed by atoms with Crippen LogP contribution in [-0.2, 0) is 6.42 Å². The Hall–Kier alpha value is -2.48. The van der Waals surface area contributed by atoms with E-state index in [0.29, 0.717) is 0 Å². The second-order valence-corrected chi connectivity index (χ2v) is 4.95. The van der Waals surface area contributed by atoms with E-state index in [9.17, 15) is 0 Å². The Bertz CT molecular complexity index is 684. The lowest BCUT2D eigenvalue weighted by Gasteiger charge is -2.16. The van der Waals surface area contributed by atoms with Gasteiger partial charge in [0.1, 0.15) is 11.5 Å². The van der Waals surface area contributed by atoms with Gasteiger partial charge in [-0.3, -0.25) is 0 Å². The van der Waals surface area contributed by atoms with Crippen molar-refractivity contribution in [1.29, 1.82) is 0 Å². The third-order valence-corrected chi connectivity index (χ3v) is 3.54. The van der Waals surface area contributed by atoms with Crippen LogP contribution in [0.5, 0.6) is 11.5 Å². The Kier molecular flexibility index (Phi) is 5.42. The number of allylic oxidation sites excluding steroid dienone is 2. The normalized spacial score (nSPS) is 10.7. The van der Waals surface area contributed by atoms with Crippen LogP contribution in [-0.4, -0.2) is 14.2 Å². The summed E-state index contributed by atoms with van der Waals surface area (Å²) in [6.45, 7) is 5.80. The van der Waals surface area contributed by atoms with E-state index in [4.69, 9.17) is 9.47 Å². The zero-order valence-electron chi connectivity index (χ0n) is 13.4. The molecule has 114 valence electrons. The number of benzene rings is 2. The zero-order valence-corrected chi connectivity index (χ0v) is 13.4. The van der Waals surface area contributed by atoms with Crippen LogP contribution >= 0.6 is 0 Å². The summed E-state index contributed by atoms with van der Waals surface area (Å²) in [6.07, 6.45) is 6.82. The molecule has 0 heterocycles. The van der Waals surface area contributed by atoms with Gasteiger partial charge in [-0.25, -0.2) is 0 Å². The van der Waals surface area contributed by atoms with Gasteiger partial charge in [0.05, 0.1) is 14.2 Å². The standard InChI is InChI=1S/C20H22O2/c1-5-8-15-12-13-17(19(14-15)22-4)20-16(9-6-2)10-7-11-18(20)21-3/h5-7,9-14H,1,8H2,2-4H3. The Morgan fingerprint density at radius 1 is 1.05 bits per heavy atom. The van der Waals surface area contributed by atoms with Crippen LogP contribution in [0, 0.1) is 0 Å². The van der Waals surface area contributed by atoms with Gasteiger partial charge in [0.2, 0.25) is 0 Å². The SMILES string of the molecule is C=CCc1ccc(-c2c(C=CC)cccc2OC)c(OC)c1. The summed E-state index contributed by atoms with van der Waals surface area (Å²) in [6, 6.07) is 12.3. The number of hydrogen-bond donors (Lipinski definition) is 0. The van der Waals surface area contributed by atoms with Gasteiger partial charge >= 0.3 is 0 Å². The fraction of sp³-hybridized carbons (Fsp3) is 0.200. The molecule has 0 aromatic heterocycles. The highest BCUT2D eigenvalue weighted by Crippen LogP contribution is 2.40. The van der Waals surface area contributed by atoms with E-state index in [2.05, 4.69) is 36.9 Å². The second-order valence-electron chi connectivity index (χ2n) is 4.95. The highest BCUT2D eigenvalue weighted by Gasteiger charge is 2.14. The van der Waals surface area contributed by atoms with Gasteiger partial charge in [-0.15, -0.1) is 6.58 Å².